The van der Waals surface area contributed by atoms with E-state index < -0.39 is 0 Å². The van der Waals surface area contributed by atoms with E-state index in [0.29, 0.717) is 11.5 Å². The van der Waals surface area contributed by atoms with Crippen LogP contribution in [0.4, 0.5) is 0 Å². The lowest BCUT2D eigenvalue weighted by Crippen LogP contribution is -2.31. The lowest BCUT2D eigenvalue weighted by molar-refractivity contribution is 0.276. The van der Waals surface area contributed by atoms with Crippen LogP contribution in [0.1, 0.15) is 59.7 Å². The Morgan fingerprint density at radius 1 is 1.35 bits per heavy atom. The minimum atomic E-state index is 0.415. The van der Waals surface area contributed by atoms with Gasteiger partial charge < -0.3 is 9.88 Å². The smallest absolute Gasteiger partial charge is 0.110 e. The summed E-state index contributed by atoms with van der Waals surface area (Å²) in [4.78, 5) is 4.53. The average molecular weight is 279 g/mol. The van der Waals surface area contributed by atoms with Gasteiger partial charge in [0.15, 0.2) is 0 Å². The van der Waals surface area contributed by atoms with Gasteiger partial charge in [-0.15, -0.1) is 0 Å². The minimum absolute atomic E-state index is 0.415. The molecule has 2 unspecified atom stereocenters. The fraction of sp³-hybridized carbons (Fsp3) is 0.824. The summed E-state index contributed by atoms with van der Waals surface area (Å²) in [7, 11) is 2.07. The maximum atomic E-state index is 4.53. The number of imidazole rings is 1. The molecule has 0 radical (unpaired) electrons. The van der Waals surface area contributed by atoms with Crippen molar-refractivity contribution in [3.8, 4) is 0 Å². The highest BCUT2D eigenvalue weighted by Crippen LogP contribution is 2.27. The van der Waals surface area contributed by atoms with E-state index in [-0.39, 0.29) is 0 Å². The molecule has 3 nitrogen and oxygen atoms in total. The number of aromatic nitrogens is 2. The van der Waals surface area contributed by atoms with Crippen LogP contribution < -0.4 is 5.32 Å². The fourth-order valence-corrected chi connectivity index (χ4v) is 3.11. The van der Waals surface area contributed by atoms with Crippen molar-refractivity contribution in [2.75, 3.05) is 7.05 Å². The van der Waals surface area contributed by atoms with E-state index in [4.69, 9.17) is 0 Å². The Bertz CT molecular complexity index is 376. The van der Waals surface area contributed by atoms with Crippen molar-refractivity contribution >= 4 is 0 Å². The van der Waals surface area contributed by atoms with Crippen molar-refractivity contribution in [1.29, 1.82) is 0 Å². The number of nitrogens with zero attached hydrogens (tertiary/aromatic N) is 2. The molecule has 0 aliphatic carbocycles. The van der Waals surface area contributed by atoms with Crippen LogP contribution in [0.3, 0.4) is 0 Å². The first-order chi connectivity index (χ1) is 9.35. The third kappa shape index (κ3) is 6.08. The highest BCUT2D eigenvalue weighted by atomic mass is 15.1. The Morgan fingerprint density at radius 2 is 2.05 bits per heavy atom. The van der Waals surface area contributed by atoms with Crippen molar-refractivity contribution in [3.63, 3.8) is 0 Å². The topological polar surface area (TPSA) is 29.9 Å². The Labute approximate surface area is 125 Å². The van der Waals surface area contributed by atoms with Gasteiger partial charge in [-0.1, -0.05) is 34.6 Å². The molecule has 0 aromatic carbocycles. The summed E-state index contributed by atoms with van der Waals surface area (Å²) in [5.74, 6) is 1.95. The third-order valence-electron chi connectivity index (χ3n) is 3.75. The van der Waals surface area contributed by atoms with Crippen LogP contribution >= 0.6 is 0 Å². The van der Waals surface area contributed by atoms with E-state index in [9.17, 15) is 0 Å². The van der Waals surface area contributed by atoms with Crippen molar-refractivity contribution < 1.29 is 0 Å². The number of nitrogens with one attached hydrogen (secondary N) is 1. The van der Waals surface area contributed by atoms with Crippen LogP contribution in [0.25, 0.3) is 0 Å². The molecule has 2 atom stereocenters. The number of rotatable bonds is 8. The second kappa shape index (κ2) is 7.82. The average Bonchev–Trinajstić information content (AvgIpc) is 2.74. The van der Waals surface area contributed by atoms with Gasteiger partial charge in [0.05, 0.1) is 0 Å². The van der Waals surface area contributed by atoms with Gasteiger partial charge in [0.2, 0.25) is 0 Å². The zero-order valence-corrected chi connectivity index (χ0v) is 14.2. The Kier molecular flexibility index (Phi) is 6.74. The normalized spacial score (nSPS) is 15.3. The highest BCUT2D eigenvalue weighted by molar-refractivity contribution is 4.96. The molecular formula is C17H33N3. The Morgan fingerprint density at radius 3 is 2.60 bits per heavy atom. The molecule has 0 spiro atoms. The molecule has 0 saturated heterocycles. The standard InChI is InChI=1S/C17H33N3/c1-7-9-20-10-8-19-16(20)12-15(18-6)11-14(2)13-17(3,4)5/h8,10,14-15,18H,7,9,11-13H2,1-6H3. The number of hydrogen-bond donors (Lipinski definition) is 1. The van der Waals surface area contributed by atoms with E-state index in [1.54, 1.807) is 0 Å². The SMILES string of the molecule is CCCn1ccnc1CC(CC(C)CC(C)(C)C)NC. The van der Waals surface area contributed by atoms with Crippen LogP contribution in [0, 0.1) is 11.3 Å². The quantitative estimate of drug-likeness (QED) is 0.782. The fourth-order valence-electron chi connectivity index (χ4n) is 3.11. The van der Waals surface area contributed by atoms with Crippen LogP contribution in [0.2, 0.25) is 0 Å². The van der Waals surface area contributed by atoms with Crippen molar-refractivity contribution in [2.45, 2.75) is 72.9 Å². The molecule has 1 aromatic rings. The lowest BCUT2D eigenvalue weighted by Gasteiger charge is -2.26. The molecule has 1 aromatic heterocycles. The van der Waals surface area contributed by atoms with E-state index in [1.165, 1.54) is 18.7 Å². The molecule has 0 amide bonds. The van der Waals surface area contributed by atoms with Crippen molar-refractivity contribution in [1.82, 2.24) is 14.9 Å². The van der Waals surface area contributed by atoms with E-state index in [1.807, 2.05) is 6.20 Å². The monoisotopic (exact) mass is 279 g/mol. The number of hydrogen-bond acceptors (Lipinski definition) is 2. The zero-order chi connectivity index (χ0) is 15.2. The summed E-state index contributed by atoms with van der Waals surface area (Å²) < 4.78 is 2.29. The van der Waals surface area contributed by atoms with Crippen LogP contribution in [0.15, 0.2) is 12.4 Å². The molecule has 0 saturated carbocycles. The Balaban J connectivity index is 2.56. The van der Waals surface area contributed by atoms with Gasteiger partial charge in [-0.3, -0.25) is 0 Å². The Hall–Kier alpha value is -0.830. The van der Waals surface area contributed by atoms with Crippen molar-refractivity contribution in [3.05, 3.63) is 18.2 Å². The van der Waals surface area contributed by atoms with Gasteiger partial charge in [-0.2, -0.15) is 0 Å². The summed E-state index contributed by atoms with van der Waals surface area (Å²) in [6.07, 6.45) is 8.70. The van der Waals surface area contributed by atoms with Crippen LogP contribution in [-0.4, -0.2) is 22.6 Å². The summed E-state index contributed by atoms with van der Waals surface area (Å²) in [5, 5.41) is 3.47. The summed E-state index contributed by atoms with van der Waals surface area (Å²) in [5.41, 5.74) is 0.415. The predicted octanol–water partition coefficient (Wildman–Crippen LogP) is 3.89. The lowest BCUT2D eigenvalue weighted by atomic mass is 9.82. The number of aryl methyl sites for hydroxylation is 1. The summed E-state index contributed by atoms with van der Waals surface area (Å²) >= 11 is 0. The maximum Gasteiger partial charge on any atom is 0.110 e. The van der Waals surface area contributed by atoms with Gasteiger partial charge >= 0.3 is 0 Å². The first-order valence-electron chi connectivity index (χ1n) is 8.03. The molecule has 1 rings (SSSR count). The highest BCUT2D eigenvalue weighted by Gasteiger charge is 2.19. The zero-order valence-electron chi connectivity index (χ0n) is 14.2. The van der Waals surface area contributed by atoms with Gasteiger partial charge in [0.25, 0.3) is 0 Å². The first-order valence-corrected chi connectivity index (χ1v) is 8.03. The second-order valence-electron chi connectivity index (χ2n) is 7.33. The second-order valence-corrected chi connectivity index (χ2v) is 7.33. The largest absolute Gasteiger partial charge is 0.335 e. The first kappa shape index (κ1) is 17.2. The predicted molar refractivity (Wildman–Crippen MR) is 86.9 cm³/mol. The third-order valence-corrected chi connectivity index (χ3v) is 3.75. The molecule has 1 N–H and O–H groups in total. The summed E-state index contributed by atoms with van der Waals surface area (Å²) in [6, 6.07) is 0.519. The minimum Gasteiger partial charge on any atom is -0.335 e. The van der Waals surface area contributed by atoms with Crippen LogP contribution in [-0.2, 0) is 13.0 Å². The molecule has 0 aliphatic rings. The molecule has 0 bridgehead atoms. The molecule has 0 fully saturated rings. The summed E-state index contributed by atoms with van der Waals surface area (Å²) in [6.45, 7) is 12.6. The van der Waals surface area contributed by atoms with Gasteiger partial charge in [0, 0.05) is 31.4 Å². The molecule has 0 aliphatic heterocycles. The molecular weight excluding hydrogens is 246 g/mol. The molecule has 116 valence electrons. The molecule has 1 heterocycles. The van der Waals surface area contributed by atoms with Gasteiger partial charge in [-0.25, -0.2) is 4.98 Å². The van der Waals surface area contributed by atoms with E-state index >= 15 is 0 Å². The molecule has 3 heteroatoms. The van der Waals surface area contributed by atoms with Crippen molar-refractivity contribution in [2.24, 2.45) is 11.3 Å². The molecule has 20 heavy (non-hydrogen) atoms. The van der Waals surface area contributed by atoms with E-state index in [2.05, 4.69) is 62.7 Å². The van der Waals surface area contributed by atoms with Gasteiger partial charge in [-0.05, 0) is 37.6 Å². The van der Waals surface area contributed by atoms with Gasteiger partial charge in [0.1, 0.15) is 5.82 Å². The van der Waals surface area contributed by atoms with E-state index in [0.717, 1.165) is 25.3 Å². The van der Waals surface area contributed by atoms with Crippen LogP contribution in [0.5, 0.6) is 0 Å². The maximum absolute atomic E-state index is 4.53. The number of likely N-dealkylation sites (N-methyl/N-ethyl adjacent to an activating group) is 1.